The number of nitrogens with zero attached hydrogens (tertiary/aromatic N) is 4. The van der Waals surface area contributed by atoms with Crippen molar-refractivity contribution in [2.75, 3.05) is 32.1 Å². The Bertz CT molecular complexity index is 868. The van der Waals surface area contributed by atoms with Gasteiger partial charge in [0.1, 0.15) is 5.75 Å². The van der Waals surface area contributed by atoms with Crippen LogP contribution in [0.1, 0.15) is 24.6 Å². The van der Waals surface area contributed by atoms with Crippen LogP contribution in [0.3, 0.4) is 0 Å². The summed E-state index contributed by atoms with van der Waals surface area (Å²) in [5, 5.41) is 21.3. The predicted molar refractivity (Wildman–Crippen MR) is 107 cm³/mol. The number of nitro groups is 1. The summed E-state index contributed by atoms with van der Waals surface area (Å²) in [7, 11) is 3.04. The van der Waals surface area contributed by atoms with E-state index in [1.807, 2.05) is 0 Å². The molecule has 2 heterocycles. The monoisotopic (exact) mass is 426 g/mol. The Balaban J connectivity index is 0.00000300. The molecule has 3 rings (SSSR count). The molecule has 2 aromatic rings. The molecule has 2 N–H and O–H groups in total. The Morgan fingerprint density at radius 1 is 1.41 bits per heavy atom. The summed E-state index contributed by atoms with van der Waals surface area (Å²) in [6.07, 6.45) is 1.92. The third-order valence-electron chi connectivity index (χ3n) is 4.45. The van der Waals surface area contributed by atoms with Gasteiger partial charge in [-0.15, -0.1) is 12.4 Å². The predicted octanol–water partition coefficient (Wildman–Crippen LogP) is 1.64. The molecule has 0 aliphatic carbocycles. The Morgan fingerprint density at radius 2 is 2.14 bits per heavy atom. The average molecular weight is 427 g/mol. The minimum atomic E-state index is -0.552. The molecular weight excluding hydrogens is 404 g/mol. The maximum atomic E-state index is 12.2. The molecule has 1 aliphatic heterocycles. The van der Waals surface area contributed by atoms with E-state index in [1.54, 1.807) is 7.05 Å². The van der Waals surface area contributed by atoms with Gasteiger partial charge in [0.05, 0.1) is 12.0 Å². The molecule has 0 atom stereocenters. The zero-order valence-corrected chi connectivity index (χ0v) is 16.9. The Morgan fingerprint density at radius 3 is 2.79 bits per heavy atom. The molecule has 1 aromatic heterocycles. The first kappa shape index (κ1) is 22.4. The number of amides is 1. The van der Waals surface area contributed by atoms with Gasteiger partial charge in [0.15, 0.2) is 12.4 Å². The van der Waals surface area contributed by atoms with Crippen molar-refractivity contribution < 1.29 is 19.2 Å². The lowest BCUT2D eigenvalue weighted by Gasteiger charge is -2.19. The van der Waals surface area contributed by atoms with Crippen LogP contribution < -0.4 is 20.1 Å². The first-order valence-electron chi connectivity index (χ1n) is 8.84. The lowest BCUT2D eigenvalue weighted by molar-refractivity contribution is -0.385. The number of aromatic nitrogens is 3. The number of hydrogen-bond donors (Lipinski definition) is 2. The topological polar surface area (TPSA) is 133 Å². The molecule has 0 saturated carbocycles. The number of anilines is 1. The summed E-state index contributed by atoms with van der Waals surface area (Å²) < 4.78 is 11.9. The van der Waals surface area contributed by atoms with Gasteiger partial charge in [-0.1, -0.05) is 0 Å². The Hall–Kier alpha value is -2.92. The van der Waals surface area contributed by atoms with Crippen LogP contribution in [-0.2, 0) is 11.8 Å². The van der Waals surface area contributed by atoms with Gasteiger partial charge in [0, 0.05) is 25.1 Å². The van der Waals surface area contributed by atoms with Gasteiger partial charge in [-0.25, -0.2) is 4.68 Å². The molecule has 0 unspecified atom stereocenters. The maximum absolute atomic E-state index is 12.2. The molecule has 0 bridgehead atoms. The van der Waals surface area contributed by atoms with Gasteiger partial charge in [-0.2, -0.15) is 10.1 Å². The van der Waals surface area contributed by atoms with Crippen LogP contribution in [0.25, 0.3) is 0 Å². The van der Waals surface area contributed by atoms with Crippen molar-refractivity contribution in [1.29, 1.82) is 0 Å². The third-order valence-corrected chi connectivity index (χ3v) is 4.45. The second-order valence-electron chi connectivity index (χ2n) is 6.37. The number of rotatable bonds is 7. The molecule has 1 aromatic carbocycles. The number of aryl methyl sites for hydroxylation is 1. The first-order chi connectivity index (χ1) is 13.5. The number of ether oxygens (including phenoxy) is 2. The van der Waals surface area contributed by atoms with E-state index in [-0.39, 0.29) is 42.1 Å². The van der Waals surface area contributed by atoms with Crippen LogP contribution in [-0.4, -0.2) is 52.4 Å². The Labute approximate surface area is 173 Å². The highest BCUT2D eigenvalue weighted by atomic mass is 35.5. The molecule has 1 aliphatic rings. The summed E-state index contributed by atoms with van der Waals surface area (Å²) >= 11 is 0. The van der Waals surface area contributed by atoms with Crippen molar-refractivity contribution in [2.24, 2.45) is 7.05 Å². The largest absolute Gasteiger partial charge is 0.490 e. The SMILES string of the molecule is COc1cc(OCC(=O)Nc2nc(C3CCNCC3)nn2C)ccc1[N+](=O)[O-].Cl. The van der Waals surface area contributed by atoms with E-state index in [9.17, 15) is 14.9 Å². The molecule has 0 radical (unpaired) electrons. The zero-order chi connectivity index (χ0) is 20.1. The first-order valence-corrected chi connectivity index (χ1v) is 8.84. The standard InChI is InChI=1S/C17H22N6O5.ClH/c1-22-17(20-16(21-22)11-5-7-18-8-6-11)19-15(24)10-28-12-3-4-13(23(25)26)14(9-12)27-2;/h3-4,9,11,18H,5-8,10H2,1-2H3,(H,19,20,21,24);1H. The van der Waals surface area contributed by atoms with E-state index >= 15 is 0 Å². The molecule has 11 nitrogen and oxygen atoms in total. The molecule has 1 fully saturated rings. The fourth-order valence-corrected chi connectivity index (χ4v) is 2.97. The number of carbonyl (C=O) groups is 1. The number of carbonyl (C=O) groups excluding carboxylic acids is 1. The molecule has 29 heavy (non-hydrogen) atoms. The average Bonchev–Trinajstić information content (AvgIpc) is 3.07. The Kier molecular flexibility index (Phi) is 7.74. The highest BCUT2D eigenvalue weighted by Gasteiger charge is 2.21. The van der Waals surface area contributed by atoms with Gasteiger partial charge >= 0.3 is 5.69 Å². The number of methoxy groups -OCH3 is 1. The van der Waals surface area contributed by atoms with Gasteiger partial charge in [-0.05, 0) is 32.0 Å². The normalized spacial score (nSPS) is 14.0. The molecule has 1 saturated heterocycles. The number of nitro benzene ring substituents is 1. The highest BCUT2D eigenvalue weighted by Crippen LogP contribution is 2.30. The second kappa shape index (κ2) is 10.0. The number of nitrogens with one attached hydrogen (secondary N) is 2. The maximum Gasteiger partial charge on any atom is 0.311 e. The van der Waals surface area contributed by atoms with E-state index in [2.05, 4.69) is 20.7 Å². The number of hydrogen-bond acceptors (Lipinski definition) is 8. The van der Waals surface area contributed by atoms with Crippen LogP contribution in [0, 0.1) is 10.1 Å². The van der Waals surface area contributed by atoms with E-state index in [0.717, 1.165) is 31.8 Å². The highest BCUT2D eigenvalue weighted by molar-refractivity contribution is 5.90. The zero-order valence-electron chi connectivity index (χ0n) is 16.1. The lowest BCUT2D eigenvalue weighted by Crippen LogP contribution is -2.27. The van der Waals surface area contributed by atoms with E-state index in [4.69, 9.17) is 9.47 Å². The van der Waals surface area contributed by atoms with Crippen LogP contribution >= 0.6 is 12.4 Å². The molecule has 158 valence electrons. The fourth-order valence-electron chi connectivity index (χ4n) is 2.97. The van der Waals surface area contributed by atoms with Crippen molar-refractivity contribution in [2.45, 2.75) is 18.8 Å². The lowest BCUT2D eigenvalue weighted by atomic mass is 9.98. The van der Waals surface area contributed by atoms with Crippen LogP contribution in [0.2, 0.25) is 0 Å². The minimum Gasteiger partial charge on any atom is -0.490 e. The second-order valence-corrected chi connectivity index (χ2v) is 6.37. The van der Waals surface area contributed by atoms with Crippen LogP contribution in [0.4, 0.5) is 11.6 Å². The van der Waals surface area contributed by atoms with Crippen molar-refractivity contribution >= 4 is 29.9 Å². The van der Waals surface area contributed by atoms with Gasteiger partial charge in [0.25, 0.3) is 5.91 Å². The van der Waals surface area contributed by atoms with Crippen molar-refractivity contribution in [3.63, 3.8) is 0 Å². The number of halogens is 1. The molecule has 1 amide bonds. The van der Waals surface area contributed by atoms with Crippen LogP contribution in [0.5, 0.6) is 11.5 Å². The number of benzene rings is 1. The summed E-state index contributed by atoms with van der Waals surface area (Å²) in [4.78, 5) is 27.0. The van der Waals surface area contributed by atoms with Crippen molar-refractivity contribution in [1.82, 2.24) is 20.1 Å². The van der Waals surface area contributed by atoms with E-state index in [1.165, 1.54) is 30.0 Å². The summed E-state index contributed by atoms with van der Waals surface area (Å²) in [5.41, 5.74) is -0.177. The molecule has 12 heteroatoms. The van der Waals surface area contributed by atoms with Gasteiger partial charge < -0.3 is 14.8 Å². The summed E-state index contributed by atoms with van der Waals surface area (Å²) in [6.45, 7) is 1.57. The number of piperidine rings is 1. The summed E-state index contributed by atoms with van der Waals surface area (Å²) in [6, 6.07) is 4.04. The summed E-state index contributed by atoms with van der Waals surface area (Å²) in [5.74, 6) is 1.28. The third kappa shape index (κ3) is 5.55. The van der Waals surface area contributed by atoms with E-state index in [0.29, 0.717) is 5.95 Å². The quantitative estimate of drug-likeness (QED) is 0.504. The smallest absolute Gasteiger partial charge is 0.311 e. The van der Waals surface area contributed by atoms with E-state index < -0.39 is 10.8 Å². The van der Waals surface area contributed by atoms with Gasteiger partial charge in [-0.3, -0.25) is 20.2 Å². The molecular formula is C17H23ClN6O5. The molecule has 0 spiro atoms. The van der Waals surface area contributed by atoms with Crippen molar-refractivity contribution in [3.8, 4) is 11.5 Å². The fraction of sp³-hybridized carbons (Fsp3) is 0.471. The van der Waals surface area contributed by atoms with Crippen LogP contribution in [0.15, 0.2) is 18.2 Å². The minimum absolute atomic E-state index is 0. The van der Waals surface area contributed by atoms with Gasteiger partial charge in [0.2, 0.25) is 11.7 Å². The van der Waals surface area contributed by atoms with Crippen molar-refractivity contribution in [3.05, 3.63) is 34.1 Å².